The Morgan fingerprint density at radius 3 is 2.42 bits per heavy atom. The number of halogens is 1. The largest absolute Gasteiger partial charge is 0.467 e. The summed E-state index contributed by atoms with van der Waals surface area (Å²) < 4.78 is 7.93. The van der Waals surface area contributed by atoms with Crippen LogP contribution in [-0.2, 0) is 23.1 Å². The SMILES string of the molecule is COC(=O)C(O)c1c(-c2ccc(Cl)cc2)c2ccn(Cc3ccccc3)c2c(=O)n1C. The van der Waals surface area contributed by atoms with Gasteiger partial charge in [-0.2, -0.15) is 0 Å². The highest BCUT2D eigenvalue weighted by atomic mass is 35.5. The van der Waals surface area contributed by atoms with Crippen molar-refractivity contribution in [2.24, 2.45) is 7.05 Å². The van der Waals surface area contributed by atoms with Gasteiger partial charge in [0.15, 0.2) is 6.10 Å². The molecule has 2 aromatic heterocycles. The molecule has 0 radical (unpaired) electrons. The highest BCUT2D eigenvalue weighted by Crippen LogP contribution is 2.35. The summed E-state index contributed by atoms with van der Waals surface area (Å²) in [6.45, 7) is 0.512. The van der Waals surface area contributed by atoms with E-state index in [4.69, 9.17) is 16.3 Å². The van der Waals surface area contributed by atoms with E-state index in [2.05, 4.69) is 0 Å². The second-order valence-corrected chi connectivity index (χ2v) is 7.68. The van der Waals surface area contributed by atoms with Gasteiger partial charge < -0.3 is 19.0 Å². The molecule has 7 heteroatoms. The van der Waals surface area contributed by atoms with Crippen LogP contribution < -0.4 is 5.56 Å². The van der Waals surface area contributed by atoms with E-state index < -0.39 is 12.1 Å². The number of hydrogen-bond acceptors (Lipinski definition) is 4. The number of hydrogen-bond donors (Lipinski definition) is 1. The number of benzene rings is 2. The maximum Gasteiger partial charge on any atom is 0.340 e. The molecule has 0 aliphatic carbocycles. The van der Waals surface area contributed by atoms with Gasteiger partial charge in [-0.05, 0) is 29.3 Å². The van der Waals surface area contributed by atoms with Gasteiger partial charge >= 0.3 is 5.97 Å². The molecule has 0 spiro atoms. The zero-order valence-electron chi connectivity index (χ0n) is 17.1. The summed E-state index contributed by atoms with van der Waals surface area (Å²) in [6.07, 6.45) is 0.225. The van der Waals surface area contributed by atoms with Gasteiger partial charge in [0, 0.05) is 35.8 Å². The summed E-state index contributed by atoms with van der Waals surface area (Å²) in [6, 6.07) is 18.7. The van der Waals surface area contributed by atoms with Gasteiger partial charge in [-0.25, -0.2) is 4.79 Å². The topological polar surface area (TPSA) is 73.5 Å². The zero-order chi connectivity index (χ0) is 22.1. The molecule has 0 bridgehead atoms. The quantitative estimate of drug-likeness (QED) is 0.481. The molecule has 1 unspecified atom stereocenters. The minimum Gasteiger partial charge on any atom is -0.467 e. The summed E-state index contributed by atoms with van der Waals surface area (Å²) in [5.74, 6) is -0.840. The smallest absolute Gasteiger partial charge is 0.340 e. The Balaban J connectivity index is 2.02. The number of carbonyl (C=O) groups is 1. The van der Waals surface area contributed by atoms with Crippen LogP contribution in [0.2, 0.25) is 5.02 Å². The highest BCUT2D eigenvalue weighted by molar-refractivity contribution is 6.30. The van der Waals surface area contributed by atoms with E-state index in [1.54, 1.807) is 31.3 Å². The minimum atomic E-state index is -1.62. The van der Waals surface area contributed by atoms with Gasteiger partial charge in [-0.3, -0.25) is 4.79 Å². The molecule has 1 N–H and O–H groups in total. The summed E-state index contributed by atoms with van der Waals surface area (Å²) in [4.78, 5) is 25.5. The van der Waals surface area contributed by atoms with Gasteiger partial charge in [0.25, 0.3) is 5.56 Å². The van der Waals surface area contributed by atoms with Crippen LogP contribution in [0.3, 0.4) is 0 Å². The number of aliphatic hydroxyl groups is 1. The van der Waals surface area contributed by atoms with Crippen LogP contribution in [-0.4, -0.2) is 27.3 Å². The van der Waals surface area contributed by atoms with Crippen molar-refractivity contribution in [2.75, 3.05) is 7.11 Å². The minimum absolute atomic E-state index is 0.170. The molecular formula is C24H21ClN2O4. The first kappa shape index (κ1) is 20.9. The van der Waals surface area contributed by atoms with Gasteiger partial charge in [0.05, 0.1) is 12.8 Å². The number of carbonyl (C=O) groups excluding carboxylic acids is 1. The Morgan fingerprint density at radius 1 is 1.10 bits per heavy atom. The maximum absolute atomic E-state index is 13.3. The lowest BCUT2D eigenvalue weighted by atomic mass is 9.97. The Labute approximate surface area is 183 Å². The van der Waals surface area contributed by atoms with Crippen LogP contribution in [0.4, 0.5) is 0 Å². The van der Waals surface area contributed by atoms with Crippen LogP contribution in [0, 0.1) is 0 Å². The summed E-state index contributed by atoms with van der Waals surface area (Å²) in [5, 5.41) is 11.9. The molecule has 0 saturated carbocycles. The number of nitrogens with zero attached hydrogens (tertiary/aromatic N) is 2. The van der Waals surface area contributed by atoms with Gasteiger partial charge in [-0.1, -0.05) is 54.1 Å². The third kappa shape index (κ3) is 3.76. The van der Waals surface area contributed by atoms with Crippen molar-refractivity contribution in [3.05, 3.63) is 93.5 Å². The third-order valence-corrected chi connectivity index (χ3v) is 5.62. The van der Waals surface area contributed by atoms with E-state index in [9.17, 15) is 14.7 Å². The van der Waals surface area contributed by atoms with Crippen molar-refractivity contribution in [1.82, 2.24) is 9.13 Å². The Kier molecular flexibility index (Phi) is 5.67. The van der Waals surface area contributed by atoms with Crippen LogP contribution >= 0.6 is 11.6 Å². The van der Waals surface area contributed by atoms with Crippen LogP contribution in [0.1, 0.15) is 17.4 Å². The van der Waals surface area contributed by atoms with E-state index in [0.717, 1.165) is 11.1 Å². The fraction of sp³-hybridized carbons (Fsp3) is 0.167. The molecular weight excluding hydrogens is 416 g/mol. The number of esters is 1. The third-order valence-electron chi connectivity index (χ3n) is 5.37. The molecule has 0 aliphatic rings. The fourth-order valence-electron chi connectivity index (χ4n) is 3.86. The highest BCUT2D eigenvalue weighted by Gasteiger charge is 2.28. The van der Waals surface area contributed by atoms with Gasteiger partial charge in [0.2, 0.25) is 0 Å². The molecule has 4 rings (SSSR count). The molecule has 1 atom stereocenters. The van der Waals surface area contributed by atoms with Gasteiger partial charge in [-0.15, -0.1) is 0 Å². The number of methoxy groups -OCH3 is 1. The lowest BCUT2D eigenvalue weighted by molar-refractivity contribution is -0.151. The lowest BCUT2D eigenvalue weighted by Gasteiger charge is -2.20. The summed E-state index contributed by atoms with van der Waals surface area (Å²) in [5.41, 5.74) is 2.69. The second kappa shape index (κ2) is 8.41. The first-order valence-electron chi connectivity index (χ1n) is 9.70. The van der Waals surface area contributed by atoms with E-state index in [1.807, 2.05) is 47.2 Å². The first-order valence-corrected chi connectivity index (χ1v) is 10.1. The monoisotopic (exact) mass is 436 g/mol. The number of fused-ring (bicyclic) bond motifs is 1. The molecule has 0 aliphatic heterocycles. The van der Waals surface area contributed by atoms with Gasteiger partial charge in [0.1, 0.15) is 5.52 Å². The number of aromatic nitrogens is 2. The number of pyridine rings is 1. The van der Waals surface area contributed by atoms with Crippen molar-refractivity contribution in [3.8, 4) is 11.1 Å². The fourth-order valence-corrected chi connectivity index (χ4v) is 3.99. The molecule has 2 aromatic carbocycles. The molecule has 4 aromatic rings. The second-order valence-electron chi connectivity index (χ2n) is 7.25. The normalized spacial score (nSPS) is 12.1. The van der Waals surface area contributed by atoms with Crippen molar-refractivity contribution in [1.29, 1.82) is 0 Å². The van der Waals surface area contributed by atoms with Crippen molar-refractivity contribution >= 4 is 28.5 Å². The molecule has 2 heterocycles. The molecule has 158 valence electrons. The Bertz CT molecular complexity index is 1310. The number of rotatable bonds is 5. The predicted octanol–water partition coefficient (Wildman–Crippen LogP) is 3.92. The maximum atomic E-state index is 13.3. The predicted molar refractivity (Wildman–Crippen MR) is 120 cm³/mol. The average molecular weight is 437 g/mol. The van der Waals surface area contributed by atoms with Crippen LogP contribution in [0.15, 0.2) is 71.7 Å². The molecule has 0 amide bonds. The number of ether oxygens (including phenoxy) is 1. The zero-order valence-corrected chi connectivity index (χ0v) is 17.8. The average Bonchev–Trinajstić information content (AvgIpc) is 3.20. The lowest BCUT2D eigenvalue weighted by Crippen LogP contribution is -2.28. The van der Waals surface area contributed by atoms with Crippen molar-refractivity contribution in [3.63, 3.8) is 0 Å². The molecule has 31 heavy (non-hydrogen) atoms. The molecule has 0 saturated heterocycles. The Hall–Kier alpha value is -3.35. The van der Waals surface area contributed by atoms with E-state index in [0.29, 0.717) is 28.0 Å². The molecule has 0 fully saturated rings. The van der Waals surface area contributed by atoms with Crippen molar-refractivity contribution < 1.29 is 14.6 Å². The summed E-state index contributed by atoms with van der Waals surface area (Å²) in [7, 11) is 2.74. The Morgan fingerprint density at radius 2 is 1.77 bits per heavy atom. The summed E-state index contributed by atoms with van der Waals surface area (Å²) >= 11 is 6.06. The van der Waals surface area contributed by atoms with Crippen LogP contribution in [0.25, 0.3) is 22.0 Å². The number of aliphatic hydroxyl groups excluding tert-OH is 1. The standard InChI is InChI=1S/C24H21ClN2O4/c1-26-21(22(28)24(30)31-2)19(16-8-10-17(25)11-9-16)18-12-13-27(20(18)23(26)29)14-15-6-4-3-5-7-15/h3-13,22,28H,14H2,1-2H3. The van der Waals surface area contributed by atoms with E-state index >= 15 is 0 Å². The van der Waals surface area contributed by atoms with Crippen molar-refractivity contribution in [2.45, 2.75) is 12.6 Å². The molecule has 6 nitrogen and oxygen atoms in total. The first-order chi connectivity index (χ1) is 14.9. The van der Waals surface area contributed by atoms with E-state index in [1.165, 1.54) is 11.7 Å². The van der Waals surface area contributed by atoms with Crippen LogP contribution in [0.5, 0.6) is 0 Å². The van der Waals surface area contributed by atoms with E-state index in [-0.39, 0.29) is 11.3 Å².